The van der Waals surface area contributed by atoms with Crippen molar-refractivity contribution in [3.63, 3.8) is 0 Å². The number of carbonyl (C=O) groups excluding carboxylic acids is 2. The third-order valence-electron chi connectivity index (χ3n) is 6.73. The molecule has 4 aromatic rings. The van der Waals surface area contributed by atoms with Crippen molar-refractivity contribution in [3.05, 3.63) is 90.0 Å². The number of halogens is 1. The summed E-state index contributed by atoms with van der Waals surface area (Å²) in [7, 11) is 0. The van der Waals surface area contributed by atoms with Gasteiger partial charge in [-0.1, -0.05) is 13.0 Å². The molecular weight excluding hydrogens is 497 g/mol. The van der Waals surface area contributed by atoms with Crippen LogP contribution in [0, 0.1) is 18.7 Å². The molecule has 1 aliphatic rings. The molecule has 2 aromatic heterocycles. The zero-order chi connectivity index (χ0) is 27.4. The second-order valence-electron chi connectivity index (χ2n) is 9.84. The Balaban J connectivity index is 1.20. The molecule has 39 heavy (non-hydrogen) atoms. The minimum atomic E-state index is -0.550. The van der Waals surface area contributed by atoms with Gasteiger partial charge in [0, 0.05) is 37.2 Å². The molecule has 1 aliphatic heterocycles. The summed E-state index contributed by atoms with van der Waals surface area (Å²) in [5.41, 5.74) is 3.47. The van der Waals surface area contributed by atoms with Gasteiger partial charge in [-0.25, -0.2) is 9.18 Å². The van der Waals surface area contributed by atoms with E-state index in [1.807, 2.05) is 17.9 Å². The van der Waals surface area contributed by atoms with Crippen molar-refractivity contribution in [3.8, 4) is 22.9 Å². The summed E-state index contributed by atoms with van der Waals surface area (Å²) >= 11 is 0. The first-order valence-electron chi connectivity index (χ1n) is 12.9. The first kappa shape index (κ1) is 26.0. The molecular formula is C30H30FN5O3. The number of carbonyl (C=O) groups is 2. The minimum Gasteiger partial charge on any atom is -0.457 e. The van der Waals surface area contributed by atoms with Crippen LogP contribution in [0.15, 0.2) is 73.1 Å². The van der Waals surface area contributed by atoms with E-state index in [2.05, 4.69) is 27.5 Å². The number of amides is 3. The van der Waals surface area contributed by atoms with Crippen LogP contribution in [0.25, 0.3) is 11.4 Å². The maximum absolute atomic E-state index is 13.9. The molecule has 3 N–H and O–H groups in total. The van der Waals surface area contributed by atoms with E-state index in [-0.39, 0.29) is 11.6 Å². The number of hydrogen-bond donors (Lipinski definition) is 3. The summed E-state index contributed by atoms with van der Waals surface area (Å²) in [6.45, 7) is 5.61. The van der Waals surface area contributed by atoms with Gasteiger partial charge in [0.2, 0.25) is 0 Å². The molecule has 0 saturated carbocycles. The number of likely N-dealkylation sites (tertiary alicyclic amines) is 1. The first-order valence-corrected chi connectivity index (χ1v) is 12.9. The second-order valence-corrected chi connectivity index (χ2v) is 9.84. The van der Waals surface area contributed by atoms with Crippen molar-refractivity contribution in [1.29, 1.82) is 0 Å². The maximum atomic E-state index is 13.9. The standard InChI is InChI=1S/C30H30FN5O3/c1-19-10-13-36(14-11-19)29(37)21-16-27(33-18-21)28-17-24(9-12-32-28)39-23-6-4-22(5-7-23)34-30(38)35-26-15-20(2)3-8-25(26)31/h3-9,12,15-19,33H,10-11,13-14H2,1-2H3,(H2,34,35,38). The van der Waals surface area contributed by atoms with Crippen molar-refractivity contribution >= 4 is 23.3 Å². The van der Waals surface area contributed by atoms with Crippen LogP contribution < -0.4 is 15.4 Å². The number of hydrogen-bond acceptors (Lipinski definition) is 4. The van der Waals surface area contributed by atoms with E-state index in [4.69, 9.17) is 4.74 Å². The van der Waals surface area contributed by atoms with E-state index in [1.165, 1.54) is 6.07 Å². The van der Waals surface area contributed by atoms with Crippen molar-refractivity contribution in [2.75, 3.05) is 23.7 Å². The normalized spacial score (nSPS) is 13.7. The Labute approximate surface area is 226 Å². The number of aromatic nitrogens is 2. The fourth-order valence-electron chi connectivity index (χ4n) is 4.44. The molecule has 8 nitrogen and oxygen atoms in total. The van der Waals surface area contributed by atoms with Crippen LogP contribution in [0.3, 0.4) is 0 Å². The van der Waals surface area contributed by atoms with Crippen molar-refractivity contribution in [1.82, 2.24) is 14.9 Å². The van der Waals surface area contributed by atoms with Gasteiger partial charge in [0.05, 0.1) is 22.6 Å². The molecule has 0 radical (unpaired) electrons. The lowest BCUT2D eigenvalue weighted by Gasteiger charge is -2.30. The number of benzene rings is 2. The average Bonchev–Trinajstić information content (AvgIpc) is 3.43. The van der Waals surface area contributed by atoms with Gasteiger partial charge in [-0.05, 0) is 79.8 Å². The number of ether oxygens (including phenoxy) is 1. The molecule has 9 heteroatoms. The largest absolute Gasteiger partial charge is 0.457 e. The topological polar surface area (TPSA) is 99.3 Å². The van der Waals surface area contributed by atoms with E-state index >= 15 is 0 Å². The maximum Gasteiger partial charge on any atom is 0.323 e. The second kappa shape index (κ2) is 11.4. The highest BCUT2D eigenvalue weighted by Gasteiger charge is 2.22. The minimum absolute atomic E-state index is 0.0307. The van der Waals surface area contributed by atoms with Crippen LogP contribution in [-0.4, -0.2) is 39.9 Å². The highest BCUT2D eigenvalue weighted by molar-refractivity contribution is 6.00. The zero-order valence-corrected chi connectivity index (χ0v) is 21.8. The Morgan fingerprint density at radius 2 is 1.77 bits per heavy atom. The van der Waals surface area contributed by atoms with E-state index in [1.54, 1.807) is 60.9 Å². The van der Waals surface area contributed by atoms with Crippen LogP contribution in [-0.2, 0) is 0 Å². The quantitative estimate of drug-likeness (QED) is 0.256. The number of nitrogens with one attached hydrogen (secondary N) is 3. The van der Waals surface area contributed by atoms with Crippen molar-refractivity contribution < 1.29 is 18.7 Å². The van der Waals surface area contributed by atoms with Gasteiger partial charge in [0.25, 0.3) is 5.91 Å². The van der Waals surface area contributed by atoms with Gasteiger partial charge < -0.3 is 25.3 Å². The summed E-state index contributed by atoms with van der Waals surface area (Å²) in [5.74, 6) is 1.31. The summed E-state index contributed by atoms with van der Waals surface area (Å²) in [5, 5.41) is 5.19. The number of urea groups is 1. The third-order valence-corrected chi connectivity index (χ3v) is 6.73. The lowest BCUT2D eigenvalue weighted by molar-refractivity contribution is 0.0697. The molecule has 200 valence electrons. The van der Waals surface area contributed by atoms with E-state index in [0.717, 1.165) is 37.2 Å². The van der Waals surface area contributed by atoms with Crippen LogP contribution in [0.2, 0.25) is 0 Å². The number of aromatic amines is 1. The molecule has 3 heterocycles. The van der Waals surface area contributed by atoms with Gasteiger partial charge in [-0.15, -0.1) is 0 Å². The molecule has 0 unspecified atom stereocenters. The van der Waals surface area contributed by atoms with Crippen LogP contribution in [0.1, 0.15) is 35.7 Å². The Morgan fingerprint density at radius 1 is 1.00 bits per heavy atom. The number of anilines is 2. The predicted octanol–water partition coefficient (Wildman–Crippen LogP) is 6.83. The van der Waals surface area contributed by atoms with Crippen molar-refractivity contribution in [2.24, 2.45) is 5.92 Å². The van der Waals surface area contributed by atoms with E-state index in [9.17, 15) is 14.0 Å². The Kier molecular flexibility index (Phi) is 7.58. The molecule has 2 aromatic carbocycles. The Morgan fingerprint density at radius 3 is 2.54 bits per heavy atom. The number of aryl methyl sites for hydroxylation is 1. The number of piperidine rings is 1. The lowest BCUT2D eigenvalue weighted by atomic mass is 9.99. The van der Waals surface area contributed by atoms with Gasteiger partial charge >= 0.3 is 6.03 Å². The highest BCUT2D eigenvalue weighted by Crippen LogP contribution is 2.27. The molecule has 5 rings (SSSR count). The lowest BCUT2D eigenvalue weighted by Crippen LogP contribution is -2.37. The van der Waals surface area contributed by atoms with Gasteiger partial charge in [-0.3, -0.25) is 9.78 Å². The molecule has 0 spiro atoms. The number of rotatable bonds is 6. The fourth-order valence-corrected chi connectivity index (χ4v) is 4.44. The number of pyridine rings is 1. The molecule has 0 atom stereocenters. The molecule has 1 fully saturated rings. The summed E-state index contributed by atoms with van der Waals surface area (Å²) in [6, 6.07) is 16.1. The predicted molar refractivity (Wildman–Crippen MR) is 149 cm³/mol. The summed E-state index contributed by atoms with van der Waals surface area (Å²) in [4.78, 5) is 34.7. The van der Waals surface area contributed by atoms with Gasteiger partial charge in [0.15, 0.2) is 0 Å². The smallest absolute Gasteiger partial charge is 0.323 e. The SMILES string of the molecule is Cc1ccc(F)c(NC(=O)Nc2ccc(Oc3ccnc(-c4cc(C(=O)N5CCC(C)CC5)c[nH]4)c3)cc2)c1. The fraction of sp³-hybridized carbons (Fsp3) is 0.233. The molecule has 3 amide bonds. The van der Waals surface area contributed by atoms with Crippen LogP contribution >= 0.6 is 0 Å². The Bertz CT molecular complexity index is 1480. The van der Waals surface area contributed by atoms with E-state index < -0.39 is 11.8 Å². The average molecular weight is 528 g/mol. The molecule has 1 saturated heterocycles. The van der Waals surface area contributed by atoms with E-state index in [0.29, 0.717) is 34.4 Å². The van der Waals surface area contributed by atoms with Gasteiger partial charge in [0.1, 0.15) is 17.3 Å². The number of H-pyrrole nitrogens is 1. The number of nitrogens with zero attached hydrogens (tertiary/aromatic N) is 2. The molecule has 0 bridgehead atoms. The van der Waals surface area contributed by atoms with Crippen molar-refractivity contribution in [2.45, 2.75) is 26.7 Å². The monoisotopic (exact) mass is 527 g/mol. The Hall–Kier alpha value is -4.66. The third kappa shape index (κ3) is 6.43. The van der Waals surface area contributed by atoms with Gasteiger partial charge in [-0.2, -0.15) is 0 Å². The van der Waals surface area contributed by atoms with Crippen LogP contribution in [0.4, 0.5) is 20.6 Å². The summed E-state index contributed by atoms with van der Waals surface area (Å²) in [6.07, 6.45) is 5.42. The summed E-state index contributed by atoms with van der Waals surface area (Å²) < 4.78 is 19.9. The van der Waals surface area contributed by atoms with Crippen LogP contribution in [0.5, 0.6) is 11.5 Å². The highest BCUT2D eigenvalue weighted by atomic mass is 19.1. The molecule has 0 aliphatic carbocycles. The zero-order valence-electron chi connectivity index (χ0n) is 21.8. The first-order chi connectivity index (χ1) is 18.8.